The monoisotopic (exact) mass is 434 g/mol. The minimum Gasteiger partial charge on any atom is -0.478 e. The van der Waals surface area contributed by atoms with Crippen molar-refractivity contribution in [3.05, 3.63) is 51.4 Å². The van der Waals surface area contributed by atoms with Gasteiger partial charge in [-0.25, -0.2) is 9.59 Å². The third-order valence-corrected chi connectivity index (χ3v) is 6.17. The Hall–Kier alpha value is -2.78. The predicted molar refractivity (Wildman–Crippen MR) is 116 cm³/mol. The third-order valence-electron chi connectivity index (χ3n) is 5.20. The number of nitro benzene ring substituents is 1. The molecular formula is C21H26N2O6S. The molecule has 2 heterocycles. The SMILES string of the molecule is CC(C)N1CCC(c2csc3cccc([N+](=O)[O-])c23)CC1C.O=C(O)C=CC(=O)O. The molecule has 0 aliphatic carbocycles. The Balaban J connectivity index is 0.000000343. The standard InChI is InChI=1S/C17H22N2O2S.C4H4O4/c1-11(2)18-8-7-13(9-12(18)3)14-10-22-16-6-4-5-15(17(14)16)19(20)21;5-3(6)1-2-4(7)8/h4-6,10-13H,7-9H2,1-3H3;1-2H,(H,5,6)(H,7,8). The average molecular weight is 435 g/mol. The van der Waals surface area contributed by atoms with E-state index in [1.807, 2.05) is 6.07 Å². The summed E-state index contributed by atoms with van der Waals surface area (Å²) < 4.78 is 1.03. The molecule has 30 heavy (non-hydrogen) atoms. The molecule has 0 amide bonds. The first-order chi connectivity index (χ1) is 14.1. The van der Waals surface area contributed by atoms with Crippen LogP contribution in [0.2, 0.25) is 0 Å². The number of nitro groups is 1. The number of benzene rings is 1. The van der Waals surface area contributed by atoms with Gasteiger partial charge in [0.15, 0.2) is 0 Å². The fraction of sp³-hybridized carbons (Fsp3) is 0.429. The van der Waals surface area contributed by atoms with Crippen LogP contribution in [-0.2, 0) is 9.59 Å². The molecule has 1 fully saturated rings. The Kier molecular flexibility index (Phi) is 8.08. The van der Waals surface area contributed by atoms with Crippen molar-refractivity contribution in [2.24, 2.45) is 0 Å². The van der Waals surface area contributed by atoms with Crippen LogP contribution in [0.25, 0.3) is 10.1 Å². The van der Waals surface area contributed by atoms with Crippen LogP contribution in [0.15, 0.2) is 35.7 Å². The Bertz CT molecular complexity index is 936. The summed E-state index contributed by atoms with van der Waals surface area (Å²) in [6.07, 6.45) is 3.28. The molecule has 1 aliphatic heterocycles. The molecule has 2 N–H and O–H groups in total. The van der Waals surface area contributed by atoms with E-state index in [0.717, 1.165) is 29.5 Å². The zero-order valence-electron chi connectivity index (χ0n) is 17.1. The van der Waals surface area contributed by atoms with E-state index in [1.165, 1.54) is 5.56 Å². The highest BCUT2D eigenvalue weighted by molar-refractivity contribution is 7.17. The molecule has 0 bridgehead atoms. The maximum Gasteiger partial charge on any atom is 0.328 e. The summed E-state index contributed by atoms with van der Waals surface area (Å²) in [5.74, 6) is -2.08. The summed E-state index contributed by atoms with van der Waals surface area (Å²) in [7, 11) is 0. The molecule has 0 spiro atoms. The second-order valence-corrected chi connectivity index (χ2v) is 8.42. The predicted octanol–water partition coefficient (Wildman–Crippen LogP) is 4.50. The normalized spacial score (nSPS) is 19.6. The molecule has 3 rings (SSSR count). The van der Waals surface area contributed by atoms with Crippen LogP contribution in [0.3, 0.4) is 0 Å². The summed E-state index contributed by atoms with van der Waals surface area (Å²) in [5, 5.41) is 30.0. The summed E-state index contributed by atoms with van der Waals surface area (Å²) in [6.45, 7) is 7.82. The van der Waals surface area contributed by atoms with Gasteiger partial charge >= 0.3 is 11.9 Å². The Morgan fingerprint density at radius 2 is 1.90 bits per heavy atom. The maximum absolute atomic E-state index is 11.4. The van der Waals surface area contributed by atoms with Crippen LogP contribution in [-0.4, -0.2) is 50.6 Å². The van der Waals surface area contributed by atoms with E-state index in [4.69, 9.17) is 10.2 Å². The first-order valence-electron chi connectivity index (χ1n) is 9.66. The van der Waals surface area contributed by atoms with Crippen LogP contribution in [0.5, 0.6) is 0 Å². The minimum atomic E-state index is -1.26. The number of rotatable bonds is 5. The number of fused-ring (bicyclic) bond motifs is 1. The Labute approximate surface area is 178 Å². The van der Waals surface area contributed by atoms with Gasteiger partial charge in [0.25, 0.3) is 5.69 Å². The summed E-state index contributed by atoms with van der Waals surface area (Å²) in [4.78, 5) is 32.7. The van der Waals surface area contributed by atoms with Crippen LogP contribution in [0, 0.1) is 10.1 Å². The number of carbonyl (C=O) groups is 2. The molecule has 0 radical (unpaired) electrons. The van der Waals surface area contributed by atoms with E-state index in [9.17, 15) is 19.7 Å². The minimum absolute atomic E-state index is 0.245. The lowest BCUT2D eigenvalue weighted by atomic mass is 9.85. The number of non-ortho nitro benzene ring substituents is 1. The van der Waals surface area contributed by atoms with Crippen molar-refractivity contribution >= 4 is 39.0 Å². The van der Waals surface area contributed by atoms with Crippen LogP contribution in [0.4, 0.5) is 5.69 Å². The molecule has 1 aliphatic rings. The van der Waals surface area contributed by atoms with Crippen molar-refractivity contribution in [1.29, 1.82) is 0 Å². The average Bonchev–Trinajstić information content (AvgIpc) is 3.10. The molecule has 9 heteroatoms. The molecule has 0 saturated carbocycles. The number of carboxylic acids is 2. The van der Waals surface area contributed by atoms with Crippen LogP contribution >= 0.6 is 11.3 Å². The number of likely N-dealkylation sites (tertiary alicyclic amines) is 1. The van der Waals surface area contributed by atoms with Gasteiger partial charge in [-0.15, -0.1) is 11.3 Å². The number of carboxylic acid groups (broad SMARTS) is 2. The fourth-order valence-electron chi connectivity index (χ4n) is 3.93. The maximum atomic E-state index is 11.4. The Morgan fingerprint density at radius 1 is 1.27 bits per heavy atom. The van der Waals surface area contributed by atoms with Gasteiger partial charge in [0.05, 0.1) is 10.3 Å². The zero-order valence-corrected chi connectivity index (χ0v) is 18.0. The highest BCUT2D eigenvalue weighted by Crippen LogP contribution is 2.42. The van der Waals surface area contributed by atoms with E-state index in [-0.39, 0.29) is 10.6 Å². The largest absolute Gasteiger partial charge is 0.478 e. The van der Waals surface area contributed by atoms with Crippen LogP contribution in [0.1, 0.15) is 45.1 Å². The molecule has 1 saturated heterocycles. The highest BCUT2D eigenvalue weighted by Gasteiger charge is 2.30. The summed E-state index contributed by atoms with van der Waals surface area (Å²) in [6, 6.07) is 6.49. The first kappa shape index (κ1) is 23.5. The van der Waals surface area contributed by atoms with Crippen molar-refractivity contribution in [1.82, 2.24) is 4.90 Å². The van der Waals surface area contributed by atoms with Gasteiger partial charge in [0, 0.05) is 35.0 Å². The summed E-state index contributed by atoms with van der Waals surface area (Å²) in [5.41, 5.74) is 1.44. The van der Waals surface area contributed by atoms with Crippen molar-refractivity contribution in [2.75, 3.05) is 6.54 Å². The van der Waals surface area contributed by atoms with Crippen molar-refractivity contribution in [2.45, 2.75) is 51.6 Å². The smallest absolute Gasteiger partial charge is 0.328 e. The summed E-state index contributed by atoms with van der Waals surface area (Å²) >= 11 is 1.63. The van der Waals surface area contributed by atoms with E-state index in [2.05, 4.69) is 31.1 Å². The van der Waals surface area contributed by atoms with Gasteiger partial charge < -0.3 is 10.2 Å². The van der Waals surface area contributed by atoms with Gasteiger partial charge in [0.1, 0.15) is 0 Å². The number of hydrogen-bond donors (Lipinski definition) is 2. The number of piperidine rings is 1. The lowest BCUT2D eigenvalue weighted by Gasteiger charge is -2.40. The lowest BCUT2D eigenvalue weighted by molar-refractivity contribution is -0.383. The quantitative estimate of drug-likeness (QED) is 0.404. The molecule has 162 valence electrons. The molecule has 2 aromatic rings. The van der Waals surface area contributed by atoms with Crippen molar-refractivity contribution < 1.29 is 24.7 Å². The van der Waals surface area contributed by atoms with E-state index in [0.29, 0.717) is 30.2 Å². The van der Waals surface area contributed by atoms with Crippen LogP contribution < -0.4 is 0 Å². The van der Waals surface area contributed by atoms with E-state index < -0.39 is 11.9 Å². The second kappa shape index (κ2) is 10.3. The van der Waals surface area contributed by atoms with Crippen molar-refractivity contribution in [3.63, 3.8) is 0 Å². The topological polar surface area (TPSA) is 121 Å². The van der Waals surface area contributed by atoms with Gasteiger partial charge in [-0.05, 0) is 63.1 Å². The molecular weight excluding hydrogens is 408 g/mol. The highest BCUT2D eigenvalue weighted by atomic mass is 32.1. The second-order valence-electron chi connectivity index (χ2n) is 7.51. The molecule has 2 unspecified atom stereocenters. The number of nitrogens with zero attached hydrogens (tertiary/aromatic N) is 2. The van der Waals surface area contributed by atoms with Crippen molar-refractivity contribution in [3.8, 4) is 0 Å². The van der Waals surface area contributed by atoms with Gasteiger partial charge in [-0.3, -0.25) is 15.0 Å². The molecule has 1 aromatic heterocycles. The lowest BCUT2D eigenvalue weighted by Crippen LogP contribution is -2.44. The molecule has 1 aromatic carbocycles. The fourth-order valence-corrected chi connectivity index (χ4v) is 4.99. The third kappa shape index (κ3) is 5.87. The number of hydrogen-bond acceptors (Lipinski definition) is 6. The van der Waals surface area contributed by atoms with E-state index in [1.54, 1.807) is 23.5 Å². The molecule has 2 atom stereocenters. The first-order valence-corrected chi connectivity index (χ1v) is 10.5. The number of aliphatic carboxylic acids is 2. The molecule has 8 nitrogen and oxygen atoms in total. The number of thiophene rings is 1. The zero-order chi connectivity index (χ0) is 22.4. The van der Waals surface area contributed by atoms with Gasteiger partial charge in [-0.1, -0.05) is 6.07 Å². The van der Waals surface area contributed by atoms with Gasteiger partial charge in [0.2, 0.25) is 0 Å². The van der Waals surface area contributed by atoms with E-state index >= 15 is 0 Å². The van der Waals surface area contributed by atoms with Gasteiger partial charge in [-0.2, -0.15) is 0 Å². The Morgan fingerprint density at radius 3 is 2.40 bits per heavy atom.